The molecule has 1 aliphatic heterocycles. The van der Waals surface area contributed by atoms with E-state index in [1.54, 1.807) is 29.1 Å². The first-order valence-electron chi connectivity index (χ1n) is 10.5. The Balaban J connectivity index is 1.26. The Morgan fingerprint density at radius 2 is 1.91 bits per heavy atom. The van der Waals surface area contributed by atoms with Crippen LogP contribution >= 0.6 is 0 Å². The number of anilines is 1. The predicted octanol–water partition coefficient (Wildman–Crippen LogP) is 1.21. The molecule has 33 heavy (non-hydrogen) atoms. The van der Waals surface area contributed by atoms with Gasteiger partial charge in [-0.2, -0.15) is 4.31 Å². The van der Waals surface area contributed by atoms with Gasteiger partial charge in [0.05, 0.1) is 10.7 Å². The summed E-state index contributed by atoms with van der Waals surface area (Å²) in [5.74, 6) is 0.316. The van der Waals surface area contributed by atoms with Crippen molar-refractivity contribution in [3.05, 3.63) is 65.0 Å². The summed E-state index contributed by atoms with van der Waals surface area (Å²) in [6, 6.07) is 11.8. The van der Waals surface area contributed by atoms with Gasteiger partial charge in [0.2, 0.25) is 15.9 Å². The van der Waals surface area contributed by atoms with Crippen LogP contribution < -0.4 is 10.2 Å². The van der Waals surface area contributed by atoms with Crippen LogP contribution in [0.4, 0.5) is 11.5 Å². The van der Waals surface area contributed by atoms with Crippen LogP contribution in [0.2, 0.25) is 0 Å². The van der Waals surface area contributed by atoms with E-state index in [4.69, 9.17) is 0 Å². The van der Waals surface area contributed by atoms with Gasteiger partial charge in [0.15, 0.2) is 0 Å². The maximum Gasteiger partial charge on any atom is 0.270 e. The highest BCUT2D eigenvalue weighted by Crippen LogP contribution is 2.22. The smallest absolute Gasteiger partial charge is 0.270 e. The fraction of sp³-hybridized carbons (Fsp3) is 0.333. The molecule has 0 bridgehead atoms. The van der Waals surface area contributed by atoms with Crippen molar-refractivity contribution in [3.63, 3.8) is 0 Å². The molecule has 1 aliphatic rings. The van der Waals surface area contributed by atoms with Gasteiger partial charge >= 0.3 is 0 Å². The third kappa shape index (κ3) is 5.29. The fourth-order valence-electron chi connectivity index (χ4n) is 3.83. The van der Waals surface area contributed by atoms with E-state index in [1.165, 1.54) is 16.4 Å². The van der Waals surface area contributed by atoms with Gasteiger partial charge in [0.1, 0.15) is 12.4 Å². The zero-order valence-corrected chi connectivity index (χ0v) is 18.6. The van der Waals surface area contributed by atoms with E-state index >= 15 is 0 Å². The number of sulfonamides is 1. The van der Waals surface area contributed by atoms with Crippen molar-refractivity contribution >= 4 is 38.3 Å². The molecule has 1 N–H and O–H groups in total. The summed E-state index contributed by atoms with van der Waals surface area (Å²) in [7, 11) is -3.49. The summed E-state index contributed by atoms with van der Waals surface area (Å²) in [5, 5.41) is 14.2. The lowest BCUT2D eigenvalue weighted by atomic mass is 10.2. The number of rotatable bonds is 8. The van der Waals surface area contributed by atoms with Gasteiger partial charge in [0, 0.05) is 68.2 Å². The number of non-ortho nitro benzene ring substituents is 1. The largest absolute Gasteiger partial charge is 0.354 e. The Hall–Kier alpha value is -3.51. The molecular weight excluding hydrogens is 448 g/mol. The average molecular weight is 473 g/mol. The average Bonchev–Trinajstić information content (AvgIpc) is 3.21. The molecule has 0 atom stereocenters. The monoisotopic (exact) mass is 472 g/mol. The van der Waals surface area contributed by atoms with E-state index in [9.17, 15) is 23.3 Å². The van der Waals surface area contributed by atoms with Crippen molar-refractivity contribution < 1.29 is 18.1 Å². The maximum atomic E-state index is 12.7. The molecule has 2 aromatic heterocycles. The number of carbonyl (C=O) groups excluding carboxylic acids is 1. The van der Waals surface area contributed by atoms with Crippen LogP contribution in [0, 0.1) is 10.1 Å². The standard InChI is InChI=1S/C21H24N6O5S/c28-21(16-25-9-6-17-15-18(27(29)30)4-5-19(17)25)23-8-14-33(31,32)26-12-10-24(11-13-26)20-3-1-2-7-22-20/h1-7,9,15H,8,10-14,16H2,(H,23,28). The molecule has 4 rings (SSSR count). The van der Waals surface area contributed by atoms with Crippen LogP contribution in [0.1, 0.15) is 0 Å². The molecule has 1 fully saturated rings. The molecule has 0 saturated carbocycles. The fourth-order valence-corrected chi connectivity index (χ4v) is 5.17. The quantitative estimate of drug-likeness (QED) is 0.385. The van der Waals surface area contributed by atoms with E-state index in [2.05, 4.69) is 10.3 Å². The van der Waals surface area contributed by atoms with E-state index in [0.29, 0.717) is 37.1 Å². The molecule has 174 valence electrons. The minimum Gasteiger partial charge on any atom is -0.354 e. The number of amides is 1. The minimum atomic E-state index is -3.49. The zero-order valence-electron chi connectivity index (χ0n) is 17.8. The molecule has 0 radical (unpaired) electrons. The Morgan fingerprint density at radius 1 is 1.12 bits per heavy atom. The second-order valence-electron chi connectivity index (χ2n) is 7.68. The summed E-state index contributed by atoms with van der Waals surface area (Å²) in [6.45, 7) is 1.85. The molecule has 0 unspecified atom stereocenters. The van der Waals surface area contributed by atoms with Crippen LogP contribution in [0.25, 0.3) is 10.9 Å². The van der Waals surface area contributed by atoms with Crippen molar-refractivity contribution in [1.82, 2.24) is 19.2 Å². The summed E-state index contributed by atoms with van der Waals surface area (Å²) in [6.07, 6.45) is 3.38. The first-order chi connectivity index (χ1) is 15.8. The van der Waals surface area contributed by atoms with E-state index in [0.717, 1.165) is 5.82 Å². The number of fused-ring (bicyclic) bond motifs is 1. The predicted molar refractivity (Wildman–Crippen MR) is 123 cm³/mol. The summed E-state index contributed by atoms with van der Waals surface area (Å²) >= 11 is 0. The van der Waals surface area contributed by atoms with Crippen LogP contribution in [0.15, 0.2) is 54.9 Å². The van der Waals surface area contributed by atoms with Crippen molar-refractivity contribution in [2.45, 2.75) is 6.54 Å². The summed E-state index contributed by atoms with van der Waals surface area (Å²) in [5.41, 5.74) is 0.671. The second-order valence-corrected chi connectivity index (χ2v) is 9.77. The van der Waals surface area contributed by atoms with Crippen LogP contribution in [0.5, 0.6) is 0 Å². The highest BCUT2D eigenvalue weighted by molar-refractivity contribution is 7.89. The van der Waals surface area contributed by atoms with Crippen LogP contribution in [-0.2, 0) is 21.4 Å². The molecule has 0 spiro atoms. The van der Waals surface area contributed by atoms with Crippen molar-refractivity contribution in [2.24, 2.45) is 0 Å². The van der Waals surface area contributed by atoms with Crippen molar-refractivity contribution in [2.75, 3.05) is 43.4 Å². The second kappa shape index (κ2) is 9.55. The summed E-state index contributed by atoms with van der Waals surface area (Å²) < 4.78 is 28.5. The molecule has 1 aromatic carbocycles. The SMILES string of the molecule is O=C(Cn1ccc2cc([N+](=O)[O-])ccc21)NCCS(=O)(=O)N1CCN(c2ccccn2)CC1. The number of nitrogens with zero attached hydrogens (tertiary/aromatic N) is 5. The zero-order chi connectivity index (χ0) is 23.4. The number of aromatic nitrogens is 2. The Kier molecular flexibility index (Phi) is 6.56. The van der Waals surface area contributed by atoms with Crippen molar-refractivity contribution in [3.8, 4) is 0 Å². The molecule has 11 nitrogen and oxygen atoms in total. The molecule has 1 amide bonds. The van der Waals surface area contributed by atoms with Gasteiger partial charge in [-0.1, -0.05) is 6.07 Å². The highest BCUT2D eigenvalue weighted by Gasteiger charge is 2.27. The number of benzene rings is 1. The van der Waals surface area contributed by atoms with Gasteiger partial charge < -0.3 is 14.8 Å². The number of hydrogen-bond acceptors (Lipinski definition) is 7. The first-order valence-corrected chi connectivity index (χ1v) is 12.1. The third-order valence-corrected chi connectivity index (χ3v) is 7.44. The summed E-state index contributed by atoms with van der Waals surface area (Å²) in [4.78, 5) is 29.1. The highest BCUT2D eigenvalue weighted by atomic mass is 32.2. The molecular formula is C21H24N6O5S. The maximum absolute atomic E-state index is 12.7. The third-order valence-electron chi connectivity index (χ3n) is 5.57. The number of nitro groups is 1. The van der Waals surface area contributed by atoms with E-state index in [1.807, 2.05) is 23.1 Å². The number of carbonyl (C=O) groups is 1. The molecule has 12 heteroatoms. The lowest BCUT2D eigenvalue weighted by Gasteiger charge is -2.34. The van der Waals surface area contributed by atoms with E-state index in [-0.39, 0.29) is 30.4 Å². The number of nitro benzene ring substituents is 1. The van der Waals surface area contributed by atoms with E-state index < -0.39 is 14.9 Å². The van der Waals surface area contributed by atoms with Crippen molar-refractivity contribution in [1.29, 1.82) is 0 Å². The molecule has 3 aromatic rings. The minimum absolute atomic E-state index is 0.00624. The van der Waals surface area contributed by atoms with Gasteiger partial charge in [-0.3, -0.25) is 14.9 Å². The lowest BCUT2D eigenvalue weighted by Crippen LogP contribution is -2.50. The topological polar surface area (TPSA) is 131 Å². The number of nitrogens with one attached hydrogen (secondary N) is 1. The number of piperazine rings is 1. The van der Waals surface area contributed by atoms with Gasteiger partial charge in [-0.15, -0.1) is 0 Å². The molecule has 1 saturated heterocycles. The lowest BCUT2D eigenvalue weighted by molar-refractivity contribution is -0.384. The van der Waals surface area contributed by atoms with Gasteiger partial charge in [0.25, 0.3) is 5.69 Å². The van der Waals surface area contributed by atoms with Crippen LogP contribution in [0.3, 0.4) is 0 Å². The normalized spacial score (nSPS) is 15.0. The molecule has 0 aliphatic carbocycles. The number of hydrogen-bond donors (Lipinski definition) is 1. The van der Waals surface area contributed by atoms with Gasteiger partial charge in [-0.25, -0.2) is 13.4 Å². The Morgan fingerprint density at radius 3 is 2.61 bits per heavy atom. The van der Waals surface area contributed by atoms with Gasteiger partial charge in [-0.05, 0) is 24.3 Å². The number of pyridine rings is 1. The Labute approximate surface area is 190 Å². The Bertz CT molecular complexity index is 1250. The first kappa shape index (κ1) is 22.7. The molecule has 3 heterocycles. The van der Waals surface area contributed by atoms with Crippen LogP contribution in [-0.4, -0.2) is 71.6 Å².